The molecule has 4 aromatic rings. The van der Waals surface area contributed by atoms with E-state index < -0.39 is 23.0 Å². The van der Waals surface area contributed by atoms with E-state index in [0.717, 1.165) is 4.57 Å². The van der Waals surface area contributed by atoms with Crippen LogP contribution in [0.4, 0.5) is 10.1 Å². The number of nitrogens with zero attached hydrogens (tertiary/aromatic N) is 2. The number of thiophene rings is 1. The van der Waals surface area contributed by atoms with Crippen LogP contribution in [0.15, 0.2) is 75.6 Å². The first-order valence-corrected chi connectivity index (χ1v) is 9.71. The Balaban J connectivity index is 1.75. The van der Waals surface area contributed by atoms with Crippen LogP contribution in [0.25, 0.3) is 10.2 Å². The molecule has 2 heterocycles. The van der Waals surface area contributed by atoms with Crippen LogP contribution in [0.2, 0.25) is 0 Å². The molecule has 6 nitrogen and oxygen atoms in total. The summed E-state index contributed by atoms with van der Waals surface area (Å²) < 4.78 is 16.6. The van der Waals surface area contributed by atoms with E-state index in [1.807, 2.05) is 6.07 Å². The number of hydrogen-bond donors (Lipinski definition) is 1. The Labute approximate surface area is 168 Å². The summed E-state index contributed by atoms with van der Waals surface area (Å²) in [7, 11) is 0. The fraction of sp³-hybridized carbons (Fsp3) is 0.0952. The monoisotopic (exact) mass is 409 g/mol. The molecule has 0 bridgehead atoms. The van der Waals surface area contributed by atoms with Gasteiger partial charge in [-0.3, -0.25) is 18.7 Å². The zero-order valence-corrected chi connectivity index (χ0v) is 16.0. The molecule has 1 N–H and O–H groups in total. The summed E-state index contributed by atoms with van der Waals surface area (Å²) in [5, 5.41) is 4.41. The summed E-state index contributed by atoms with van der Waals surface area (Å²) in [5.41, 5.74) is 0.0583. The van der Waals surface area contributed by atoms with Crippen LogP contribution in [0, 0.1) is 5.82 Å². The number of aromatic nitrogens is 2. The number of para-hydroxylation sites is 1. The number of benzene rings is 2. The standard InChI is InChI=1S/C21H16FN3O3S/c22-16-9-5-4-6-14(16)12-25-20(27)19-17(10-11-29-19)24(21(25)28)13-18(26)23-15-7-2-1-3-8-15/h1-11H,12-13H2,(H,23,26). The van der Waals surface area contributed by atoms with Crippen LogP contribution in [-0.4, -0.2) is 15.0 Å². The topological polar surface area (TPSA) is 73.1 Å². The number of amides is 1. The molecule has 0 radical (unpaired) electrons. The van der Waals surface area contributed by atoms with E-state index in [2.05, 4.69) is 5.32 Å². The Hall–Kier alpha value is -3.52. The Morgan fingerprint density at radius 1 is 0.966 bits per heavy atom. The molecule has 4 rings (SSSR count). The number of halogens is 1. The highest BCUT2D eigenvalue weighted by Crippen LogP contribution is 2.16. The Morgan fingerprint density at radius 3 is 2.45 bits per heavy atom. The number of nitrogens with one attached hydrogen (secondary N) is 1. The van der Waals surface area contributed by atoms with Gasteiger partial charge in [0.15, 0.2) is 0 Å². The molecule has 2 aromatic heterocycles. The van der Waals surface area contributed by atoms with Crippen LogP contribution in [0.1, 0.15) is 5.56 Å². The maximum absolute atomic E-state index is 14.1. The quantitative estimate of drug-likeness (QED) is 0.551. The van der Waals surface area contributed by atoms with Gasteiger partial charge in [0.25, 0.3) is 5.56 Å². The van der Waals surface area contributed by atoms with Crippen LogP contribution in [-0.2, 0) is 17.9 Å². The van der Waals surface area contributed by atoms with Gasteiger partial charge in [0.1, 0.15) is 17.1 Å². The molecule has 8 heteroatoms. The van der Waals surface area contributed by atoms with Gasteiger partial charge in [0.05, 0.1) is 12.1 Å². The van der Waals surface area contributed by atoms with E-state index in [1.165, 1.54) is 34.1 Å². The van der Waals surface area contributed by atoms with Crippen molar-refractivity contribution in [3.8, 4) is 0 Å². The van der Waals surface area contributed by atoms with Gasteiger partial charge in [-0.2, -0.15) is 0 Å². The summed E-state index contributed by atoms with van der Waals surface area (Å²) >= 11 is 1.18. The van der Waals surface area contributed by atoms with E-state index in [1.54, 1.807) is 41.8 Å². The van der Waals surface area contributed by atoms with Crippen LogP contribution in [0.3, 0.4) is 0 Å². The van der Waals surface area contributed by atoms with Crippen molar-refractivity contribution >= 4 is 33.1 Å². The predicted octanol–water partition coefficient (Wildman–Crippen LogP) is 3.05. The van der Waals surface area contributed by atoms with Gasteiger partial charge >= 0.3 is 5.69 Å². The SMILES string of the molecule is O=C(Cn1c(=O)n(Cc2ccccc2F)c(=O)c2sccc21)Nc1ccccc1. The molecule has 1 amide bonds. The Bertz CT molecular complexity index is 1310. The number of carbonyl (C=O) groups excluding carboxylic acids is 1. The summed E-state index contributed by atoms with van der Waals surface area (Å²) in [6.45, 7) is -0.475. The maximum atomic E-state index is 14.1. The third-order valence-electron chi connectivity index (χ3n) is 4.48. The van der Waals surface area contributed by atoms with E-state index in [9.17, 15) is 18.8 Å². The second kappa shape index (κ2) is 7.84. The molecule has 0 saturated heterocycles. The number of hydrogen-bond acceptors (Lipinski definition) is 4. The third-order valence-corrected chi connectivity index (χ3v) is 5.37. The fourth-order valence-corrected chi connectivity index (χ4v) is 3.93. The summed E-state index contributed by atoms with van der Waals surface area (Å²) in [4.78, 5) is 38.3. The average molecular weight is 409 g/mol. The highest BCUT2D eigenvalue weighted by Gasteiger charge is 2.17. The summed E-state index contributed by atoms with van der Waals surface area (Å²) in [6, 6.07) is 16.5. The second-order valence-corrected chi connectivity index (χ2v) is 7.32. The lowest BCUT2D eigenvalue weighted by atomic mass is 10.2. The molecule has 0 aliphatic carbocycles. The molecular formula is C21H16FN3O3S. The number of rotatable bonds is 5. The molecule has 29 heavy (non-hydrogen) atoms. The Morgan fingerprint density at radius 2 is 1.69 bits per heavy atom. The molecule has 2 aromatic carbocycles. The van der Waals surface area contributed by atoms with E-state index in [4.69, 9.17) is 0 Å². The Kier molecular flexibility index (Phi) is 5.09. The molecule has 0 atom stereocenters. The second-order valence-electron chi connectivity index (χ2n) is 6.40. The van der Waals surface area contributed by atoms with Crippen molar-refractivity contribution in [2.24, 2.45) is 0 Å². The summed E-state index contributed by atoms with van der Waals surface area (Å²) in [5.74, 6) is -0.902. The number of fused-ring (bicyclic) bond motifs is 1. The van der Waals surface area contributed by atoms with Crippen molar-refractivity contribution in [3.05, 3.63) is 98.3 Å². The van der Waals surface area contributed by atoms with Gasteiger partial charge in [-0.1, -0.05) is 36.4 Å². The van der Waals surface area contributed by atoms with E-state index >= 15 is 0 Å². The van der Waals surface area contributed by atoms with Crippen molar-refractivity contribution in [1.29, 1.82) is 0 Å². The highest BCUT2D eigenvalue weighted by molar-refractivity contribution is 7.17. The smallest absolute Gasteiger partial charge is 0.325 e. The molecule has 0 unspecified atom stereocenters. The van der Waals surface area contributed by atoms with Gasteiger partial charge in [0.2, 0.25) is 5.91 Å². The molecule has 0 aliphatic heterocycles. The first kappa shape index (κ1) is 18.8. The zero-order valence-electron chi connectivity index (χ0n) is 15.2. The van der Waals surface area contributed by atoms with Gasteiger partial charge < -0.3 is 5.32 Å². The predicted molar refractivity (Wildman–Crippen MR) is 111 cm³/mol. The molecule has 0 fully saturated rings. The summed E-state index contributed by atoms with van der Waals surface area (Å²) in [6.07, 6.45) is 0. The zero-order chi connectivity index (χ0) is 20.4. The van der Waals surface area contributed by atoms with Crippen LogP contribution < -0.4 is 16.6 Å². The molecule has 0 saturated carbocycles. The lowest BCUT2D eigenvalue weighted by Gasteiger charge is -2.13. The fourth-order valence-electron chi connectivity index (χ4n) is 3.09. The van der Waals surface area contributed by atoms with Crippen molar-refractivity contribution in [1.82, 2.24) is 9.13 Å². The van der Waals surface area contributed by atoms with Crippen molar-refractivity contribution in [2.45, 2.75) is 13.1 Å². The van der Waals surface area contributed by atoms with Gasteiger partial charge in [0, 0.05) is 11.3 Å². The lowest BCUT2D eigenvalue weighted by Crippen LogP contribution is -2.41. The first-order chi connectivity index (χ1) is 14.0. The first-order valence-electron chi connectivity index (χ1n) is 8.84. The van der Waals surface area contributed by atoms with Gasteiger partial charge in [-0.25, -0.2) is 9.18 Å². The van der Waals surface area contributed by atoms with Crippen molar-refractivity contribution in [2.75, 3.05) is 5.32 Å². The van der Waals surface area contributed by atoms with Crippen molar-refractivity contribution in [3.63, 3.8) is 0 Å². The third kappa shape index (κ3) is 3.74. The lowest BCUT2D eigenvalue weighted by molar-refractivity contribution is -0.116. The maximum Gasteiger partial charge on any atom is 0.332 e. The minimum atomic E-state index is -0.660. The molecular weight excluding hydrogens is 393 g/mol. The minimum Gasteiger partial charge on any atom is -0.325 e. The van der Waals surface area contributed by atoms with E-state index in [0.29, 0.717) is 15.9 Å². The minimum absolute atomic E-state index is 0.210. The molecule has 0 aliphatic rings. The average Bonchev–Trinajstić information content (AvgIpc) is 3.20. The van der Waals surface area contributed by atoms with E-state index in [-0.39, 0.29) is 18.7 Å². The van der Waals surface area contributed by atoms with Crippen LogP contribution >= 0.6 is 11.3 Å². The van der Waals surface area contributed by atoms with Gasteiger partial charge in [-0.15, -0.1) is 11.3 Å². The normalized spacial score (nSPS) is 10.9. The number of anilines is 1. The largest absolute Gasteiger partial charge is 0.332 e. The molecule has 146 valence electrons. The van der Waals surface area contributed by atoms with Gasteiger partial charge in [-0.05, 0) is 29.6 Å². The highest BCUT2D eigenvalue weighted by atomic mass is 32.1. The van der Waals surface area contributed by atoms with Crippen molar-refractivity contribution < 1.29 is 9.18 Å². The molecule has 0 spiro atoms. The number of carbonyl (C=O) groups is 1. The van der Waals surface area contributed by atoms with Crippen LogP contribution in [0.5, 0.6) is 0 Å².